The number of benzene rings is 1. The number of nitrogens with zero attached hydrogens (tertiary/aromatic N) is 3. The summed E-state index contributed by atoms with van der Waals surface area (Å²) >= 11 is 0. The quantitative estimate of drug-likeness (QED) is 0.943. The lowest BCUT2D eigenvalue weighted by atomic mass is 10.2. The maximum Gasteiger partial charge on any atom is 0.318 e. The first-order valence-corrected chi connectivity index (χ1v) is 7.75. The monoisotopic (exact) mass is 286 g/mol. The normalized spacial score (nSPS) is 18.4. The van der Waals surface area contributed by atoms with Crippen LogP contribution in [0.3, 0.4) is 0 Å². The van der Waals surface area contributed by atoms with Crippen LogP contribution in [0.25, 0.3) is 11.0 Å². The molecule has 112 valence electrons. The van der Waals surface area contributed by atoms with Gasteiger partial charge in [0, 0.05) is 19.6 Å². The molecule has 1 saturated heterocycles. The summed E-state index contributed by atoms with van der Waals surface area (Å²) in [5, 5.41) is 2.91. The number of aryl methyl sites for hydroxylation is 1. The molecule has 1 aromatic heterocycles. The van der Waals surface area contributed by atoms with Gasteiger partial charge in [0.1, 0.15) is 5.82 Å². The average Bonchev–Trinajstić information content (AvgIpc) is 3.11. The zero-order valence-electron chi connectivity index (χ0n) is 12.7. The van der Waals surface area contributed by atoms with E-state index in [1.807, 2.05) is 30.0 Å². The van der Waals surface area contributed by atoms with E-state index in [0.29, 0.717) is 6.54 Å². The van der Waals surface area contributed by atoms with Gasteiger partial charge in [0.05, 0.1) is 17.1 Å². The zero-order valence-corrected chi connectivity index (χ0v) is 12.7. The molecule has 1 aliphatic rings. The molecule has 2 amide bonds. The Hall–Kier alpha value is -2.04. The number of carbonyl (C=O) groups is 1. The van der Waals surface area contributed by atoms with Crippen LogP contribution in [0.1, 0.15) is 38.6 Å². The fraction of sp³-hybridized carbons (Fsp3) is 0.500. The van der Waals surface area contributed by atoms with Gasteiger partial charge in [-0.2, -0.15) is 0 Å². The lowest BCUT2D eigenvalue weighted by Crippen LogP contribution is -2.40. The van der Waals surface area contributed by atoms with Gasteiger partial charge < -0.3 is 14.8 Å². The third-order valence-electron chi connectivity index (χ3n) is 4.14. The number of aromatic nitrogens is 2. The van der Waals surface area contributed by atoms with Crippen LogP contribution in [0.5, 0.6) is 0 Å². The Kier molecular flexibility index (Phi) is 3.82. The molecule has 0 saturated carbocycles. The van der Waals surface area contributed by atoms with E-state index in [2.05, 4.69) is 22.9 Å². The van der Waals surface area contributed by atoms with Crippen LogP contribution in [-0.2, 0) is 6.54 Å². The molecule has 0 aliphatic carbocycles. The number of para-hydroxylation sites is 2. The number of likely N-dealkylation sites (tertiary alicyclic amines) is 1. The van der Waals surface area contributed by atoms with E-state index < -0.39 is 0 Å². The Labute approximate surface area is 125 Å². The first-order chi connectivity index (χ1) is 10.3. The highest BCUT2D eigenvalue weighted by Crippen LogP contribution is 2.33. The van der Waals surface area contributed by atoms with E-state index in [9.17, 15) is 4.79 Å². The van der Waals surface area contributed by atoms with Crippen molar-refractivity contribution < 1.29 is 4.79 Å². The van der Waals surface area contributed by atoms with Crippen LogP contribution < -0.4 is 5.32 Å². The van der Waals surface area contributed by atoms with Crippen molar-refractivity contribution in [3.05, 3.63) is 30.1 Å². The molecule has 1 fully saturated rings. The minimum Gasteiger partial charge on any atom is -0.338 e. The van der Waals surface area contributed by atoms with Crippen LogP contribution in [0, 0.1) is 0 Å². The first-order valence-electron chi connectivity index (χ1n) is 7.75. The Bertz CT molecular complexity index is 649. The second kappa shape index (κ2) is 5.76. The van der Waals surface area contributed by atoms with Crippen molar-refractivity contribution in [2.45, 2.75) is 39.3 Å². The zero-order chi connectivity index (χ0) is 14.8. The van der Waals surface area contributed by atoms with Crippen LogP contribution in [0.15, 0.2) is 24.3 Å². The van der Waals surface area contributed by atoms with Crippen LogP contribution in [0.4, 0.5) is 4.79 Å². The summed E-state index contributed by atoms with van der Waals surface area (Å²) in [7, 11) is 0. The molecular formula is C16H22N4O. The molecule has 3 rings (SSSR count). The smallest absolute Gasteiger partial charge is 0.318 e. The molecule has 21 heavy (non-hydrogen) atoms. The maximum absolute atomic E-state index is 12.2. The first kappa shape index (κ1) is 13.9. The Balaban J connectivity index is 2.00. The molecule has 1 N–H and O–H groups in total. The lowest BCUT2D eigenvalue weighted by Gasteiger charge is -2.24. The average molecular weight is 286 g/mol. The summed E-state index contributed by atoms with van der Waals surface area (Å²) in [4.78, 5) is 18.9. The highest BCUT2D eigenvalue weighted by atomic mass is 16.2. The van der Waals surface area contributed by atoms with Crippen molar-refractivity contribution in [1.29, 1.82) is 0 Å². The number of carbonyl (C=O) groups excluding carboxylic acids is 1. The van der Waals surface area contributed by atoms with Gasteiger partial charge in [-0.3, -0.25) is 0 Å². The van der Waals surface area contributed by atoms with E-state index in [0.717, 1.165) is 42.8 Å². The summed E-state index contributed by atoms with van der Waals surface area (Å²) in [6.45, 7) is 6.42. The van der Waals surface area contributed by atoms with Crippen molar-refractivity contribution in [1.82, 2.24) is 19.8 Å². The molecule has 5 nitrogen and oxygen atoms in total. The number of fused-ring (bicyclic) bond motifs is 1. The molecule has 1 aromatic carbocycles. The van der Waals surface area contributed by atoms with Crippen molar-refractivity contribution >= 4 is 17.1 Å². The number of hydrogen-bond donors (Lipinski definition) is 1. The molecule has 0 spiro atoms. The van der Waals surface area contributed by atoms with Gasteiger partial charge in [-0.05, 0) is 38.8 Å². The number of amides is 2. The fourth-order valence-electron chi connectivity index (χ4n) is 3.21. The minimum atomic E-state index is 0.0229. The summed E-state index contributed by atoms with van der Waals surface area (Å²) in [6.07, 6.45) is 2.02. The molecule has 2 aromatic rings. The van der Waals surface area contributed by atoms with Gasteiger partial charge in [-0.1, -0.05) is 12.1 Å². The predicted molar refractivity (Wildman–Crippen MR) is 83.2 cm³/mol. The highest BCUT2D eigenvalue weighted by Gasteiger charge is 2.33. The number of rotatable bonds is 3. The van der Waals surface area contributed by atoms with Gasteiger partial charge in [0.25, 0.3) is 0 Å². The second-order valence-electron chi connectivity index (χ2n) is 5.39. The van der Waals surface area contributed by atoms with Gasteiger partial charge >= 0.3 is 6.03 Å². The van der Waals surface area contributed by atoms with Crippen molar-refractivity contribution in [2.75, 3.05) is 13.1 Å². The highest BCUT2D eigenvalue weighted by molar-refractivity contribution is 5.77. The number of hydrogen-bond acceptors (Lipinski definition) is 2. The van der Waals surface area contributed by atoms with Gasteiger partial charge in [-0.25, -0.2) is 9.78 Å². The third-order valence-corrected chi connectivity index (χ3v) is 4.14. The van der Waals surface area contributed by atoms with E-state index in [4.69, 9.17) is 4.98 Å². The largest absolute Gasteiger partial charge is 0.338 e. The SMILES string of the molecule is CCNC(=O)N1CCC[C@H]1c1nc2ccccc2n1CC. The third kappa shape index (κ3) is 2.37. The molecule has 0 unspecified atom stereocenters. The molecule has 1 atom stereocenters. The number of nitrogens with one attached hydrogen (secondary N) is 1. The lowest BCUT2D eigenvalue weighted by molar-refractivity contribution is 0.190. The summed E-state index contributed by atoms with van der Waals surface area (Å²) in [5.74, 6) is 1.02. The molecule has 0 radical (unpaired) electrons. The van der Waals surface area contributed by atoms with Crippen molar-refractivity contribution in [2.24, 2.45) is 0 Å². The summed E-state index contributed by atoms with van der Waals surface area (Å²) < 4.78 is 2.23. The van der Waals surface area contributed by atoms with E-state index >= 15 is 0 Å². The van der Waals surface area contributed by atoms with Crippen LogP contribution >= 0.6 is 0 Å². The second-order valence-corrected chi connectivity index (χ2v) is 5.39. The summed E-state index contributed by atoms with van der Waals surface area (Å²) in [6, 6.07) is 8.29. The van der Waals surface area contributed by atoms with Gasteiger partial charge in [-0.15, -0.1) is 0 Å². The fourth-order valence-corrected chi connectivity index (χ4v) is 3.21. The molecule has 1 aliphatic heterocycles. The molecule has 2 heterocycles. The molecule has 5 heteroatoms. The summed E-state index contributed by atoms with van der Waals surface area (Å²) in [5.41, 5.74) is 2.16. The standard InChI is InChI=1S/C16H22N4O/c1-3-17-16(21)20-11-7-10-14(20)15-18-12-8-5-6-9-13(12)19(15)4-2/h5-6,8-9,14H,3-4,7,10-11H2,1-2H3,(H,17,21)/t14-/m0/s1. The van der Waals surface area contributed by atoms with E-state index in [1.165, 1.54) is 0 Å². The predicted octanol–water partition coefficient (Wildman–Crippen LogP) is 2.92. The number of urea groups is 1. The van der Waals surface area contributed by atoms with Gasteiger partial charge in [0.15, 0.2) is 0 Å². The molecular weight excluding hydrogens is 264 g/mol. The molecule has 0 bridgehead atoms. The van der Waals surface area contributed by atoms with E-state index in [-0.39, 0.29) is 12.1 Å². The Morgan fingerprint density at radius 2 is 2.19 bits per heavy atom. The minimum absolute atomic E-state index is 0.0229. The van der Waals surface area contributed by atoms with Crippen LogP contribution in [-0.4, -0.2) is 33.6 Å². The van der Waals surface area contributed by atoms with Crippen molar-refractivity contribution in [3.8, 4) is 0 Å². The maximum atomic E-state index is 12.2. The Morgan fingerprint density at radius 3 is 2.95 bits per heavy atom. The van der Waals surface area contributed by atoms with Gasteiger partial charge in [0.2, 0.25) is 0 Å². The Morgan fingerprint density at radius 1 is 1.38 bits per heavy atom. The van der Waals surface area contributed by atoms with Crippen LogP contribution in [0.2, 0.25) is 0 Å². The van der Waals surface area contributed by atoms with Crippen molar-refractivity contribution in [3.63, 3.8) is 0 Å². The van der Waals surface area contributed by atoms with E-state index in [1.54, 1.807) is 0 Å². The number of imidazole rings is 1. The topological polar surface area (TPSA) is 50.2 Å².